The molecular formula is C18H19N5O6P+. The molecule has 1 aliphatic heterocycles. The zero-order valence-electron chi connectivity index (χ0n) is 15.8. The number of aliphatic hydroxyl groups is 1. The Kier molecular flexibility index (Phi) is 5.80. The van der Waals surface area contributed by atoms with Crippen molar-refractivity contribution in [3.63, 3.8) is 0 Å². The lowest BCUT2D eigenvalue weighted by atomic mass is 10.0. The molecule has 30 heavy (non-hydrogen) atoms. The number of aliphatic hydroxyl groups excluding tert-OH is 1. The average molecular weight is 432 g/mol. The van der Waals surface area contributed by atoms with Gasteiger partial charge in [0.15, 0.2) is 29.3 Å². The van der Waals surface area contributed by atoms with Gasteiger partial charge in [-0.05, 0) is 12.1 Å². The van der Waals surface area contributed by atoms with E-state index >= 15 is 0 Å². The van der Waals surface area contributed by atoms with Crippen molar-refractivity contribution in [3.8, 4) is 0 Å². The number of carbonyl (C=O) groups excluding carboxylic acids is 1. The third-order valence-corrected chi connectivity index (χ3v) is 5.42. The van der Waals surface area contributed by atoms with Crippen LogP contribution < -0.4 is 5.32 Å². The maximum atomic E-state index is 12.5. The third-order valence-electron chi connectivity index (χ3n) is 4.99. The van der Waals surface area contributed by atoms with Crippen molar-refractivity contribution in [3.05, 3.63) is 48.5 Å². The predicted molar refractivity (Wildman–Crippen MR) is 105 cm³/mol. The van der Waals surface area contributed by atoms with Crippen molar-refractivity contribution in [1.29, 1.82) is 0 Å². The first-order valence-electron chi connectivity index (χ1n) is 9.12. The van der Waals surface area contributed by atoms with E-state index in [2.05, 4.69) is 20.3 Å². The van der Waals surface area contributed by atoms with E-state index in [0.29, 0.717) is 16.7 Å². The fourth-order valence-corrected chi connectivity index (χ4v) is 3.94. The van der Waals surface area contributed by atoms with Gasteiger partial charge in [0, 0.05) is 16.0 Å². The van der Waals surface area contributed by atoms with Crippen LogP contribution in [0.2, 0.25) is 0 Å². The second-order valence-corrected chi connectivity index (χ2v) is 7.47. The van der Waals surface area contributed by atoms with Crippen LogP contribution in [0.1, 0.15) is 23.5 Å². The van der Waals surface area contributed by atoms with E-state index in [1.807, 2.05) is 6.07 Å². The number of ether oxygens (including phenoxy) is 1. The van der Waals surface area contributed by atoms with Gasteiger partial charge in [-0.2, -0.15) is 0 Å². The lowest BCUT2D eigenvalue weighted by Crippen LogP contribution is -2.26. The number of aromatic nitrogens is 4. The molecule has 0 aliphatic carbocycles. The second-order valence-electron chi connectivity index (χ2n) is 6.78. The molecule has 0 bridgehead atoms. The van der Waals surface area contributed by atoms with Crippen LogP contribution in [0, 0.1) is 5.92 Å². The van der Waals surface area contributed by atoms with Gasteiger partial charge in [0.1, 0.15) is 6.33 Å². The minimum absolute atomic E-state index is 0.211. The standard InChI is InChI=1S/C18H18N5O6P/c1-10-12(7-24)28-18(14(10)29-30(26)27)23-9-21-13-15(19-8-20-16(13)23)22-17(25)11-5-3-2-4-6-11/h2-6,8-10,12,14,18,24H,7H2,1H3,(H-,19,20,22,25,26,27)/p+1/t10?,12-,14+,18-/m1/s1. The molecule has 156 valence electrons. The number of hydrogen-bond donors (Lipinski definition) is 3. The summed E-state index contributed by atoms with van der Waals surface area (Å²) in [6.45, 7) is 1.48. The van der Waals surface area contributed by atoms with Gasteiger partial charge in [0.25, 0.3) is 5.91 Å². The molecule has 11 nitrogen and oxygen atoms in total. The van der Waals surface area contributed by atoms with Gasteiger partial charge >= 0.3 is 8.25 Å². The van der Waals surface area contributed by atoms with Crippen LogP contribution in [0.3, 0.4) is 0 Å². The van der Waals surface area contributed by atoms with Gasteiger partial charge in [-0.15, -0.1) is 9.42 Å². The molecule has 1 fully saturated rings. The summed E-state index contributed by atoms with van der Waals surface area (Å²) < 4.78 is 23.8. The van der Waals surface area contributed by atoms with E-state index in [1.54, 1.807) is 31.2 Å². The van der Waals surface area contributed by atoms with E-state index in [9.17, 15) is 19.4 Å². The van der Waals surface area contributed by atoms with Crippen molar-refractivity contribution in [2.24, 2.45) is 5.92 Å². The fraction of sp³-hybridized carbons (Fsp3) is 0.333. The quantitative estimate of drug-likeness (QED) is 0.494. The number of anilines is 1. The number of nitrogens with one attached hydrogen (secondary N) is 1. The molecule has 1 aromatic carbocycles. The van der Waals surface area contributed by atoms with Crippen molar-refractivity contribution >= 4 is 31.1 Å². The first kappa shape index (κ1) is 20.5. The molecule has 3 N–H and O–H groups in total. The number of hydrogen-bond acceptors (Lipinski definition) is 8. The van der Waals surface area contributed by atoms with Gasteiger partial charge in [0.05, 0.1) is 19.0 Å². The maximum Gasteiger partial charge on any atom is 0.695 e. The Hall–Kier alpha value is -2.82. The molecular weight excluding hydrogens is 413 g/mol. The molecule has 1 aliphatic rings. The smallest absolute Gasteiger partial charge is 0.394 e. The second kappa shape index (κ2) is 8.50. The third kappa shape index (κ3) is 3.81. The van der Waals surface area contributed by atoms with Gasteiger partial charge in [-0.1, -0.05) is 25.1 Å². The fourth-order valence-electron chi connectivity index (χ4n) is 3.44. The molecule has 0 saturated carbocycles. The summed E-state index contributed by atoms with van der Waals surface area (Å²) in [5, 5.41) is 12.3. The zero-order chi connectivity index (χ0) is 21.3. The lowest BCUT2D eigenvalue weighted by molar-refractivity contribution is -0.0450. The molecule has 1 saturated heterocycles. The average Bonchev–Trinajstić information content (AvgIpc) is 3.30. The van der Waals surface area contributed by atoms with Gasteiger partial charge in [-0.25, -0.2) is 15.0 Å². The molecule has 2 aromatic heterocycles. The summed E-state index contributed by atoms with van der Waals surface area (Å²) in [4.78, 5) is 34.3. The summed E-state index contributed by atoms with van der Waals surface area (Å²) in [6, 6.07) is 8.66. The summed E-state index contributed by atoms with van der Waals surface area (Å²) in [7, 11) is -2.89. The van der Waals surface area contributed by atoms with E-state index in [-0.39, 0.29) is 24.2 Å². The molecule has 3 heterocycles. The van der Waals surface area contributed by atoms with E-state index < -0.39 is 26.7 Å². The molecule has 0 radical (unpaired) electrons. The van der Waals surface area contributed by atoms with Crippen molar-refractivity contribution in [2.45, 2.75) is 25.4 Å². The van der Waals surface area contributed by atoms with Crippen LogP contribution in [-0.4, -0.2) is 54.2 Å². The Morgan fingerprint density at radius 1 is 1.30 bits per heavy atom. The Morgan fingerprint density at radius 2 is 2.07 bits per heavy atom. The Bertz CT molecular complexity index is 1080. The topological polar surface area (TPSA) is 149 Å². The Balaban J connectivity index is 1.67. The number of rotatable bonds is 6. The van der Waals surface area contributed by atoms with Crippen LogP contribution >= 0.6 is 8.25 Å². The minimum Gasteiger partial charge on any atom is -0.394 e. The highest BCUT2D eigenvalue weighted by atomic mass is 31.1. The molecule has 2 unspecified atom stereocenters. The van der Waals surface area contributed by atoms with Crippen molar-refractivity contribution < 1.29 is 28.6 Å². The van der Waals surface area contributed by atoms with E-state index in [4.69, 9.17) is 9.26 Å². The summed E-state index contributed by atoms with van der Waals surface area (Å²) >= 11 is 0. The molecule has 12 heteroatoms. The molecule has 1 amide bonds. The normalized spacial score (nSPS) is 24.2. The van der Waals surface area contributed by atoms with Crippen molar-refractivity contribution in [1.82, 2.24) is 19.5 Å². The summed E-state index contributed by atoms with van der Waals surface area (Å²) in [5.41, 5.74) is 1.12. The number of nitrogens with zero attached hydrogens (tertiary/aromatic N) is 4. The molecule has 3 aromatic rings. The van der Waals surface area contributed by atoms with Crippen LogP contribution in [-0.2, 0) is 13.8 Å². The van der Waals surface area contributed by atoms with Crippen LogP contribution in [0.5, 0.6) is 0 Å². The number of fused-ring (bicyclic) bond motifs is 1. The largest absolute Gasteiger partial charge is 0.695 e. The Morgan fingerprint density at radius 3 is 2.77 bits per heavy atom. The molecule has 5 atom stereocenters. The first-order valence-corrected chi connectivity index (χ1v) is 10.3. The highest BCUT2D eigenvalue weighted by Gasteiger charge is 2.48. The Labute approximate surface area is 171 Å². The van der Waals surface area contributed by atoms with Crippen LogP contribution in [0.15, 0.2) is 43.0 Å². The van der Waals surface area contributed by atoms with Crippen LogP contribution in [0.25, 0.3) is 11.2 Å². The number of amides is 1. The zero-order valence-corrected chi connectivity index (χ0v) is 16.7. The monoisotopic (exact) mass is 432 g/mol. The highest BCUT2D eigenvalue weighted by molar-refractivity contribution is 7.32. The first-order chi connectivity index (χ1) is 14.5. The summed E-state index contributed by atoms with van der Waals surface area (Å²) in [5.74, 6) is -0.500. The van der Waals surface area contributed by atoms with Crippen LogP contribution in [0.4, 0.5) is 5.82 Å². The number of benzene rings is 1. The number of imidazole rings is 1. The molecule has 0 spiro atoms. The van der Waals surface area contributed by atoms with Gasteiger partial charge in [0.2, 0.25) is 0 Å². The van der Waals surface area contributed by atoms with E-state index in [0.717, 1.165) is 0 Å². The van der Waals surface area contributed by atoms with E-state index in [1.165, 1.54) is 17.2 Å². The highest BCUT2D eigenvalue weighted by Crippen LogP contribution is 2.41. The summed E-state index contributed by atoms with van der Waals surface area (Å²) in [6.07, 6.45) is 0.443. The molecule has 4 rings (SSSR count). The lowest BCUT2D eigenvalue weighted by Gasteiger charge is -2.16. The predicted octanol–water partition coefficient (Wildman–Crippen LogP) is 1.64. The van der Waals surface area contributed by atoms with Crippen molar-refractivity contribution in [2.75, 3.05) is 11.9 Å². The van der Waals surface area contributed by atoms with Gasteiger partial charge < -0.3 is 15.2 Å². The number of carbonyl (C=O) groups is 1. The van der Waals surface area contributed by atoms with Gasteiger partial charge in [-0.3, -0.25) is 9.36 Å². The maximum absolute atomic E-state index is 12.5. The minimum atomic E-state index is -2.89. The SMILES string of the molecule is CC1[C@@H](CO)O[C@@H](n2cnc3c(NC(=O)c4ccccc4)ncnc32)[C@H]1O[P+](=O)O.